The molecular formula is C17H18F2N6O2. The third-order valence-corrected chi connectivity index (χ3v) is 5.12. The Bertz CT molecular complexity index is 878. The van der Waals surface area contributed by atoms with Crippen LogP contribution in [-0.4, -0.2) is 51.8 Å². The monoisotopic (exact) mass is 376 g/mol. The summed E-state index contributed by atoms with van der Waals surface area (Å²) in [5, 5.41) is 0. The van der Waals surface area contributed by atoms with Crippen molar-refractivity contribution in [3.63, 3.8) is 0 Å². The predicted molar refractivity (Wildman–Crippen MR) is 91.6 cm³/mol. The van der Waals surface area contributed by atoms with Crippen LogP contribution in [0.15, 0.2) is 12.3 Å². The highest BCUT2D eigenvalue weighted by atomic mass is 19.3. The minimum atomic E-state index is -3.03. The van der Waals surface area contributed by atoms with E-state index in [2.05, 4.69) is 24.6 Å². The first-order chi connectivity index (χ1) is 13.1. The van der Waals surface area contributed by atoms with Crippen LogP contribution in [0.25, 0.3) is 11.4 Å². The van der Waals surface area contributed by atoms with Crippen molar-refractivity contribution in [1.29, 1.82) is 0 Å². The summed E-state index contributed by atoms with van der Waals surface area (Å²) in [6.45, 7) is -1.60. The SMILES string of the molecule is Nc1ncc(-c2cc(C3CC3)nc(N3C[C@@H]4C[C@H]3CO4)n2)nc1OC(F)F. The Hall–Kier alpha value is -2.62. The molecule has 0 aromatic carbocycles. The van der Waals surface area contributed by atoms with Crippen molar-refractivity contribution in [3.8, 4) is 17.3 Å². The third kappa shape index (κ3) is 3.14. The van der Waals surface area contributed by atoms with Gasteiger partial charge in [-0.1, -0.05) is 0 Å². The number of hydrogen-bond acceptors (Lipinski definition) is 8. The van der Waals surface area contributed by atoms with E-state index in [1.54, 1.807) is 0 Å². The maximum atomic E-state index is 12.6. The molecule has 27 heavy (non-hydrogen) atoms. The maximum Gasteiger partial charge on any atom is 0.388 e. The van der Waals surface area contributed by atoms with Crippen LogP contribution < -0.4 is 15.4 Å². The Balaban J connectivity index is 1.54. The number of alkyl halides is 2. The van der Waals surface area contributed by atoms with Gasteiger partial charge in [-0.3, -0.25) is 0 Å². The molecule has 2 saturated heterocycles. The number of ether oxygens (including phenoxy) is 2. The Morgan fingerprint density at radius 2 is 2.07 bits per heavy atom. The number of nitrogens with two attached hydrogens (primary N) is 1. The smallest absolute Gasteiger partial charge is 0.388 e. The second kappa shape index (κ2) is 6.22. The number of nitrogen functional groups attached to an aromatic ring is 1. The normalized spacial score (nSPS) is 24.0. The Morgan fingerprint density at radius 3 is 2.74 bits per heavy atom. The summed E-state index contributed by atoms with van der Waals surface area (Å²) in [6.07, 6.45) is 4.76. The van der Waals surface area contributed by atoms with E-state index >= 15 is 0 Å². The van der Waals surface area contributed by atoms with Crippen LogP contribution in [0, 0.1) is 0 Å². The van der Waals surface area contributed by atoms with Gasteiger partial charge in [0.05, 0.1) is 30.6 Å². The molecule has 0 amide bonds. The molecule has 4 heterocycles. The molecule has 0 radical (unpaired) electrons. The lowest BCUT2D eigenvalue weighted by Gasteiger charge is -2.27. The van der Waals surface area contributed by atoms with Crippen LogP contribution >= 0.6 is 0 Å². The fraction of sp³-hybridized carbons (Fsp3) is 0.529. The number of anilines is 2. The first-order valence-corrected chi connectivity index (χ1v) is 8.91. The molecule has 0 unspecified atom stereocenters. The van der Waals surface area contributed by atoms with E-state index in [9.17, 15) is 8.78 Å². The van der Waals surface area contributed by atoms with E-state index in [4.69, 9.17) is 15.5 Å². The Labute approximate surface area is 153 Å². The number of nitrogens with zero attached hydrogens (tertiary/aromatic N) is 5. The first kappa shape index (κ1) is 16.5. The molecule has 3 aliphatic rings. The van der Waals surface area contributed by atoms with Gasteiger partial charge in [0.15, 0.2) is 5.82 Å². The van der Waals surface area contributed by atoms with E-state index in [0.717, 1.165) is 31.5 Å². The summed E-state index contributed by atoms with van der Waals surface area (Å²) in [4.78, 5) is 19.6. The number of morpholine rings is 1. The zero-order chi connectivity index (χ0) is 18.5. The second-order valence-electron chi connectivity index (χ2n) is 7.07. The first-order valence-electron chi connectivity index (χ1n) is 8.91. The van der Waals surface area contributed by atoms with E-state index in [1.165, 1.54) is 6.20 Å². The van der Waals surface area contributed by atoms with Crippen LogP contribution in [0.4, 0.5) is 20.5 Å². The van der Waals surface area contributed by atoms with Crippen molar-refractivity contribution in [2.24, 2.45) is 0 Å². The summed E-state index contributed by atoms with van der Waals surface area (Å²) in [7, 11) is 0. The number of halogens is 2. The summed E-state index contributed by atoms with van der Waals surface area (Å²) in [5.41, 5.74) is 7.38. The van der Waals surface area contributed by atoms with Gasteiger partial charge in [0.2, 0.25) is 5.95 Å². The lowest BCUT2D eigenvalue weighted by atomic mass is 10.2. The molecule has 0 spiro atoms. The fourth-order valence-electron chi connectivity index (χ4n) is 3.62. The van der Waals surface area contributed by atoms with Gasteiger partial charge in [-0.05, 0) is 25.3 Å². The minimum absolute atomic E-state index is 0.190. The predicted octanol–water partition coefficient (Wildman–Crippen LogP) is 1.97. The van der Waals surface area contributed by atoms with Gasteiger partial charge < -0.3 is 20.1 Å². The quantitative estimate of drug-likeness (QED) is 0.846. The molecule has 2 aromatic rings. The minimum Gasteiger partial charge on any atom is -0.413 e. The Morgan fingerprint density at radius 1 is 1.22 bits per heavy atom. The van der Waals surface area contributed by atoms with Crippen molar-refractivity contribution in [1.82, 2.24) is 19.9 Å². The molecule has 3 fully saturated rings. The highest BCUT2D eigenvalue weighted by molar-refractivity contribution is 5.59. The molecule has 2 aliphatic heterocycles. The highest BCUT2D eigenvalue weighted by Gasteiger charge is 2.41. The summed E-state index contributed by atoms with van der Waals surface area (Å²) < 4.78 is 35.2. The van der Waals surface area contributed by atoms with Crippen LogP contribution in [-0.2, 0) is 4.74 Å². The van der Waals surface area contributed by atoms with Gasteiger partial charge in [0.1, 0.15) is 5.69 Å². The molecule has 2 N–H and O–H groups in total. The van der Waals surface area contributed by atoms with Gasteiger partial charge in [0.25, 0.3) is 5.88 Å². The molecule has 1 saturated carbocycles. The molecule has 2 atom stereocenters. The number of hydrogen-bond donors (Lipinski definition) is 1. The topological polar surface area (TPSA) is 99.3 Å². The van der Waals surface area contributed by atoms with E-state index < -0.39 is 12.5 Å². The zero-order valence-electron chi connectivity index (χ0n) is 14.4. The van der Waals surface area contributed by atoms with Gasteiger partial charge in [-0.15, -0.1) is 0 Å². The summed E-state index contributed by atoms with van der Waals surface area (Å²) >= 11 is 0. The molecule has 2 aromatic heterocycles. The molecule has 10 heteroatoms. The van der Waals surface area contributed by atoms with E-state index in [0.29, 0.717) is 29.9 Å². The standard InChI is InChI=1S/C17H18F2N6O2/c18-16(19)27-15-14(20)21-5-13(22-15)12-4-11(8-1-2-8)23-17(24-12)25-6-10-3-9(25)7-26-10/h4-5,8-10,16H,1-3,6-7H2,(H2,20,21)/t9-,10-/m0/s1. The van der Waals surface area contributed by atoms with Gasteiger partial charge >= 0.3 is 6.61 Å². The summed E-state index contributed by atoms with van der Waals surface area (Å²) in [6, 6.07) is 2.12. The van der Waals surface area contributed by atoms with Crippen molar-refractivity contribution in [2.75, 3.05) is 23.8 Å². The van der Waals surface area contributed by atoms with Crippen LogP contribution in [0.5, 0.6) is 5.88 Å². The molecule has 142 valence electrons. The lowest BCUT2D eigenvalue weighted by Crippen LogP contribution is -2.38. The highest BCUT2D eigenvalue weighted by Crippen LogP contribution is 2.41. The van der Waals surface area contributed by atoms with Crippen molar-refractivity contribution in [2.45, 2.75) is 43.9 Å². The molecule has 2 bridgehead atoms. The number of fused-ring (bicyclic) bond motifs is 2. The molecule has 1 aliphatic carbocycles. The van der Waals surface area contributed by atoms with Gasteiger partial charge in [0, 0.05) is 18.2 Å². The number of rotatable bonds is 5. The van der Waals surface area contributed by atoms with Crippen molar-refractivity contribution in [3.05, 3.63) is 18.0 Å². The fourth-order valence-corrected chi connectivity index (χ4v) is 3.62. The molecule has 5 rings (SSSR count). The van der Waals surface area contributed by atoms with E-state index in [1.807, 2.05) is 6.07 Å². The maximum absolute atomic E-state index is 12.6. The Kier molecular flexibility index (Phi) is 3.81. The van der Waals surface area contributed by atoms with Crippen LogP contribution in [0.1, 0.15) is 30.9 Å². The average Bonchev–Trinajstić information content (AvgIpc) is 3.29. The van der Waals surface area contributed by atoms with Gasteiger partial charge in [-0.25, -0.2) is 19.9 Å². The third-order valence-electron chi connectivity index (χ3n) is 5.12. The van der Waals surface area contributed by atoms with Crippen molar-refractivity contribution < 1.29 is 18.3 Å². The largest absolute Gasteiger partial charge is 0.413 e. The number of aromatic nitrogens is 4. The molecule has 8 nitrogen and oxygen atoms in total. The van der Waals surface area contributed by atoms with Crippen LogP contribution in [0.3, 0.4) is 0 Å². The lowest BCUT2D eigenvalue weighted by molar-refractivity contribution is -0.0524. The zero-order valence-corrected chi connectivity index (χ0v) is 14.4. The second-order valence-corrected chi connectivity index (χ2v) is 7.07. The van der Waals surface area contributed by atoms with E-state index in [-0.39, 0.29) is 18.0 Å². The van der Waals surface area contributed by atoms with Gasteiger partial charge in [-0.2, -0.15) is 8.78 Å². The molecular weight excluding hydrogens is 358 g/mol. The average molecular weight is 376 g/mol. The van der Waals surface area contributed by atoms with Crippen molar-refractivity contribution >= 4 is 11.8 Å². The summed E-state index contributed by atoms with van der Waals surface area (Å²) in [5.74, 6) is 0.439. The van der Waals surface area contributed by atoms with Crippen LogP contribution in [0.2, 0.25) is 0 Å².